The fraction of sp³-hybridized carbons (Fsp3) is 0.375. The number of anilines is 1. The highest BCUT2D eigenvalue weighted by Gasteiger charge is 2.14. The van der Waals surface area contributed by atoms with Crippen molar-refractivity contribution in [3.05, 3.63) is 28.4 Å². The third-order valence-electron chi connectivity index (χ3n) is 1.70. The van der Waals surface area contributed by atoms with Gasteiger partial charge in [-0.2, -0.15) is 0 Å². The van der Waals surface area contributed by atoms with Crippen LogP contribution in [0.25, 0.3) is 0 Å². The zero-order valence-corrected chi connectivity index (χ0v) is 7.83. The van der Waals surface area contributed by atoms with Gasteiger partial charge in [0.1, 0.15) is 11.9 Å². The van der Waals surface area contributed by atoms with Gasteiger partial charge in [0.25, 0.3) is 0 Å². The van der Waals surface area contributed by atoms with Crippen LogP contribution in [0.2, 0.25) is 0 Å². The van der Waals surface area contributed by atoms with E-state index in [4.69, 9.17) is 10.2 Å². The predicted molar refractivity (Wildman–Crippen MR) is 52.5 cm³/mol. The van der Waals surface area contributed by atoms with Crippen LogP contribution in [-0.2, 0) is 0 Å². The molecule has 0 aliphatic rings. The van der Waals surface area contributed by atoms with Crippen molar-refractivity contribution in [3.63, 3.8) is 0 Å². The molecule has 0 aromatic carbocycles. The van der Waals surface area contributed by atoms with E-state index in [1.54, 1.807) is 6.07 Å². The second-order valence-corrected chi connectivity index (χ2v) is 2.85. The van der Waals surface area contributed by atoms with Crippen LogP contribution in [0, 0.1) is 10.1 Å². The van der Waals surface area contributed by atoms with Crippen LogP contribution in [0.5, 0.6) is 0 Å². The molecule has 7 nitrogen and oxygen atoms in total. The standard InChI is InChI=1S/C8H11N3O4/c12-5-6(13)4-10-7-2-1-3-9-8(7)11(14)15/h1-3,6,10,12-13H,4-5H2. The maximum atomic E-state index is 10.5. The minimum atomic E-state index is -0.954. The van der Waals surface area contributed by atoms with Crippen LogP contribution in [-0.4, -0.2) is 39.4 Å². The van der Waals surface area contributed by atoms with E-state index in [0.717, 1.165) is 0 Å². The van der Waals surface area contributed by atoms with Gasteiger partial charge in [0.05, 0.1) is 12.7 Å². The van der Waals surface area contributed by atoms with Gasteiger partial charge in [0.15, 0.2) is 0 Å². The Kier molecular flexibility index (Phi) is 3.95. The number of nitro groups is 1. The van der Waals surface area contributed by atoms with Gasteiger partial charge in [-0.3, -0.25) is 0 Å². The van der Waals surface area contributed by atoms with Gasteiger partial charge in [0.2, 0.25) is 0 Å². The lowest BCUT2D eigenvalue weighted by molar-refractivity contribution is -0.388. The molecule has 0 saturated carbocycles. The average Bonchev–Trinajstić information content (AvgIpc) is 2.26. The molecule has 1 heterocycles. The SMILES string of the molecule is O=[N+]([O-])c1ncccc1NCC(O)CO. The number of hydrogen-bond donors (Lipinski definition) is 3. The fourth-order valence-electron chi connectivity index (χ4n) is 0.973. The summed E-state index contributed by atoms with van der Waals surface area (Å²) in [7, 11) is 0. The summed E-state index contributed by atoms with van der Waals surface area (Å²) in [6, 6.07) is 3.02. The molecule has 1 aromatic rings. The largest absolute Gasteiger partial charge is 0.394 e. The number of nitrogens with zero attached hydrogens (tertiary/aromatic N) is 2. The van der Waals surface area contributed by atoms with Crippen LogP contribution >= 0.6 is 0 Å². The smallest absolute Gasteiger partial charge is 0.386 e. The molecule has 82 valence electrons. The summed E-state index contributed by atoms with van der Waals surface area (Å²) in [5.41, 5.74) is 0.218. The normalized spacial score (nSPS) is 12.1. The number of pyridine rings is 1. The highest BCUT2D eigenvalue weighted by atomic mass is 16.6. The van der Waals surface area contributed by atoms with Crippen LogP contribution in [0.3, 0.4) is 0 Å². The van der Waals surface area contributed by atoms with Crippen LogP contribution in [0.1, 0.15) is 0 Å². The Morgan fingerprint density at radius 3 is 3.00 bits per heavy atom. The maximum Gasteiger partial charge on any atom is 0.386 e. The Morgan fingerprint density at radius 2 is 2.40 bits per heavy atom. The molecule has 0 aliphatic heterocycles. The summed E-state index contributed by atoms with van der Waals surface area (Å²) in [5, 5.41) is 30.8. The molecule has 1 rings (SSSR count). The van der Waals surface area contributed by atoms with E-state index >= 15 is 0 Å². The predicted octanol–water partition coefficient (Wildman–Crippen LogP) is -0.245. The third kappa shape index (κ3) is 3.15. The Bertz CT molecular complexity index is 344. The summed E-state index contributed by atoms with van der Waals surface area (Å²) in [4.78, 5) is 13.5. The first-order valence-electron chi connectivity index (χ1n) is 4.27. The van der Waals surface area contributed by atoms with Crippen LogP contribution < -0.4 is 5.32 Å². The molecular formula is C8H11N3O4. The topological polar surface area (TPSA) is 109 Å². The van der Waals surface area contributed by atoms with E-state index < -0.39 is 17.6 Å². The molecular weight excluding hydrogens is 202 g/mol. The van der Waals surface area contributed by atoms with E-state index in [-0.39, 0.29) is 18.1 Å². The van der Waals surface area contributed by atoms with Crippen molar-refractivity contribution < 1.29 is 15.1 Å². The summed E-state index contributed by atoms with van der Waals surface area (Å²) < 4.78 is 0. The van der Waals surface area contributed by atoms with E-state index in [1.807, 2.05) is 0 Å². The first-order valence-corrected chi connectivity index (χ1v) is 4.27. The lowest BCUT2D eigenvalue weighted by atomic mass is 10.3. The van der Waals surface area contributed by atoms with Crippen molar-refractivity contribution in [2.75, 3.05) is 18.5 Å². The summed E-state index contributed by atoms with van der Waals surface area (Å²) in [6.07, 6.45) is 0.357. The Morgan fingerprint density at radius 1 is 1.67 bits per heavy atom. The first-order chi connectivity index (χ1) is 7.15. The molecule has 0 spiro atoms. The highest BCUT2D eigenvalue weighted by Crippen LogP contribution is 2.19. The quantitative estimate of drug-likeness (QED) is 0.460. The molecule has 0 bridgehead atoms. The minimum Gasteiger partial charge on any atom is -0.394 e. The van der Waals surface area contributed by atoms with Crippen molar-refractivity contribution in [2.45, 2.75) is 6.10 Å². The Balaban J connectivity index is 2.72. The number of aliphatic hydroxyl groups excluding tert-OH is 2. The van der Waals surface area contributed by atoms with Gasteiger partial charge in [-0.25, -0.2) is 0 Å². The van der Waals surface area contributed by atoms with Crippen LogP contribution in [0.15, 0.2) is 18.3 Å². The Labute approximate surface area is 85.5 Å². The maximum absolute atomic E-state index is 10.5. The molecule has 15 heavy (non-hydrogen) atoms. The molecule has 7 heteroatoms. The zero-order chi connectivity index (χ0) is 11.3. The van der Waals surface area contributed by atoms with Gasteiger partial charge in [-0.15, -0.1) is 0 Å². The summed E-state index contributed by atoms with van der Waals surface area (Å²) >= 11 is 0. The minimum absolute atomic E-state index is 0.0308. The summed E-state index contributed by atoms with van der Waals surface area (Å²) in [5.74, 6) is -0.303. The lowest BCUT2D eigenvalue weighted by Gasteiger charge is -2.09. The second kappa shape index (κ2) is 5.23. The van der Waals surface area contributed by atoms with Crippen molar-refractivity contribution in [2.24, 2.45) is 0 Å². The molecule has 0 saturated heterocycles. The van der Waals surface area contributed by atoms with E-state index in [2.05, 4.69) is 10.3 Å². The second-order valence-electron chi connectivity index (χ2n) is 2.85. The monoisotopic (exact) mass is 213 g/mol. The fourth-order valence-corrected chi connectivity index (χ4v) is 0.973. The molecule has 0 radical (unpaired) electrons. The highest BCUT2D eigenvalue weighted by molar-refractivity contribution is 5.56. The number of nitrogens with one attached hydrogen (secondary N) is 1. The molecule has 3 N–H and O–H groups in total. The molecule has 1 aromatic heterocycles. The lowest BCUT2D eigenvalue weighted by Crippen LogP contribution is -2.23. The van der Waals surface area contributed by atoms with Gasteiger partial charge in [-0.05, 0) is 22.0 Å². The van der Waals surface area contributed by atoms with Crippen molar-refractivity contribution >= 4 is 11.5 Å². The first kappa shape index (κ1) is 11.3. The van der Waals surface area contributed by atoms with Crippen LogP contribution in [0.4, 0.5) is 11.5 Å². The molecule has 1 unspecified atom stereocenters. The van der Waals surface area contributed by atoms with Crippen molar-refractivity contribution in [1.82, 2.24) is 4.98 Å². The van der Waals surface area contributed by atoms with Gasteiger partial charge < -0.3 is 25.6 Å². The van der Waals surface area contributed by atoms with E-state index in [1.165, 1.54) is 12.3 Å². The van der Waals surface area contributed by atoms with Crippen molar-refractivity contribution in [3.8, 4) is 0 Å². The van der Waals surface area contributed by atoms with Gasteiger partial charge in [0, 0.05) is 6.54 Å². The molecule has 1 atom stereocenters. The number of aromatic nitrogens is 1. The van der Waals surface area contributed by atoms with Gasteiger partial charge >= 0.3 is 5.82 Å². The van der Waals surface area contributed by atoms with Crippen molar-refractivity contribution in [1.29, 1.82) is 0 Å². The third-order valence-corrected chi connectivity index (χ3v) is 1.70. The molecule has 0 fully saturated rings. The Hall–Kier alpha value is -1.73. The van der Waals surface area contributed by atoms with Gasteiger partial charge in [-0.1, -0.05) is 0 Å². The summed E-state index contributed by atoms with van der Waals surface area (Å²) in [6.45, 7) is -0.371. The number of aliphatic hydroxyl groups is 2. The number of rotatable bonds is 5. The molecule has 0 amide bonds. The molecule has 0 aliphatic carbocycles. The van der Waals surface area contributed by atoms with E-state index in [0.29, 0.717) is 0 Å². The van der Waals surface area contributed by atoms with E-state index in [9.17, 15) is 10.1 Å². The zero-order valence-electron chi connectivity index (χ0n) is 7.83. The average molecular weight is 213 g/mol. The number of hydrogen-bond acceptors (Lipinski definition) is 6.